The van der Waals surface area contributed by atoms with Gasteiger partial charge in [0.15, 0.2) is 0 Å². The van der Waals surface area contributed by atoms with Crippen LogP contribution in [0.5, 0.6) is 11.5 Å². The number of aliphatic hydroxyl groups is 2. The van der Waals surface area contributed by atoms with Crippen molar-refractivity contribution in [3.63, 3.8) is 0 Å². The molecule has 1 aliphatic carbocycles. The molecule has 0 atom stereocenters. The largest absolute Gasteiger partial charge is 0.491 e. The molecule has 0 bridgehead atoms. The summed E-state index contributed by atoms with van der Waals surface area (Å²) in [5.74, 6) is 1.80. The Balaban J connectivity index is 2.05. The molecule has 4 nitrogen and oxygen atoms in total. The summed E-state index contributed by atoms with van der Waals surface area (Å²) >= 11 is 0. The predicted molar refractivity (Wildman–Crippen MR) is 130 cm³/mol. The highest BCUT2D eigenvalue weighted by atomic mass is 16.5. The summed E-state index contributed by atoms with van der Waals surface area (Å²) in [5, 5.41) is 18.4. The molecular formula is C28H40O4. The minimum Gasteiger partial charge on any atom is -0.491 e. The second-order valence-corrected chi connectivity index (χ2v) is 8.93. The number of hydrogen-bond donors (Lipinski definition) is 2. The molecule has 32 heavy (non-hydrogen) atoms. The Morgan fingerprint density at radius 2 is 1.19 bits per heavy atom. The van der Waals surface area contributed by atoms with Crippen molar-refractivity contribution in [3.8, 4) is 11.5 Å². The van der Waals surface area contributed by atoms with Crippen LogP contribution in [0.3, 0.4) is 0 Å². The van der Waals surface area contributed by atoms with Crippen molar-refractivity contribution in [3.05, 3.63) is 58.7 Å². The zero-order valence-electron chi connectivity index (χ0n) is 19.9. The molecule has 2 aromatic carbocycles. The summed E-state index contributed by atoms with van der Waals surface area (Å²) in [6.07, 6.45) is 10.1. The number of rotatable bonds is 12. The molecule has 0 amide bonds. The SMILES string of the molecule is CCCc1cc(C2(c3ccc(OCCO)c(CCC)c3)CCCCC2)ccc1OCCO. The van der Waals surface area contributed by atoms with Gasteiger partial charge in [-0.25, -0.2) is 0 Å². The average Bonchev–Trinajstić information content (AvgIpc) is 2.83. The van der Waals surface area contributed by atoms with E-state index >= 15 is 0 Å². The zero-order valence-corrected chi connectivity index (χ0v) is 19.9. The Hall–Kier alpha value is -2.04. The van der Waals surface area contributed by atoms with Gasteiger partial charge in [0.25, 0.3) is 0 Å². The molecule has 1 aliphatic rings. The van der Waals surface area contributed by atoms with Crippen LogP contribution in [0.2, 0.25) is 0 Å². The lowest BCUT2D eigenvalue weighted by molar-refractivity contribution is 0.200. The Labute approximate surface area is 193 Å². The van der Waals surface area contributed by atoms with Crippen LogP contribution < -0.4 is 9.47 Å². The van der Waals surface area contributed by atoms with Crippen LogP contribution in [0.25, 0.3) is 0 Å². The van der Waals surface area contributed by atoms with Gasteiger partial charge in [0.05, 0.1) is 13.2 Å². The summed E-state index contributed by atoms with van der Waals surface area (Å²) in [7, 11) is 0. The van der Waals surface area contributed by atoms with Gasteiger partial charge >= 0.3 is 0 Å². The van der Waals surface area contributed by atoms with Crippen molar-refractivity contribution in [2.75, 3.05) is 26.4 Å². The van der Waals surface area contributed by atoms with Gasteiger partial charge in [-0.15, -0.1) is 0 Å². The zero-order chi connectivity index (χ0) is 22.8. The van der Waals surface area contributed by atoms with Crippen molar-refractivity contribution < 1.29 is 19.7 Å². The van der Waals surface area contributed by atoms with E-state index in [0.29, 0.717) is 13.2 Å². The Morgan fingerprint density at radius 3 is 1.59 bits per heavy atom. The fraction of sp³-hybridized carbons (Fsp3) is 0.571. The van der Waals surface area contributed by atoms with Crippen molar-refractivity contribution in [2.45, 2.75) is 77.0 Å². The predicted octanol–water partition coefficient (Wildman–Crippen LogP) is 5.58. The molecule has 3 rings (SSSR count). The number of benzene rings is 2. The minimum atomic E-state index is 0.00818. The molecule has 0 saturated heterocycles. The monoisotopic (exact) mass is 440 g/mol. The first kappa shape index (κ1) is 24.6. The summed E-state index contributed by atoms with van der Waals surface area (Å²) in [5.41, 5.74) is 5.24. The van der Waals surface area contributed by atoms with E-state index in [1.54, 1.807) is 0 Å². The molecule has 0 spiro atoms. The van der Waals surface area contributed by atoms with Gasteiger partial charge in [-0.1, -0.05) is 70.2 Å². The lowest BCUT2D eigenvalue weighted by Crippen LogP contribution is -2.31. The van der Waals surface area contributed by atoms with E-state index in [4.69, 9.17) is 9.47 Å². The smallest absolute Gasteiger partial charge is 0.122 e. The maximum Gasteiger partial charge on any atom is 0.122 e. The van der Waals surface area contributed by atoms with Crippen molar-refractivity contribution >= 4 is 0 Å². The molecule has 0 radical (unpaired) electrons. The molecule has 2 N–H and O–H groups in total. The van der Waals surface area contributed by atoms with Crippen molar-refractivity contribution in [1.82, 2.24) is 0 Å². The first-order chi connectivity index (χ1) is 15.7. The molecule has 176 valence electrons. The fourth-order valence-corrected chi connectivity index (χ4v) is 5.18. The molecule has 0 heterocycles. The van der Waals surface area contributed by atoms with E-state index in [9.17, 15) is 10.2 Å². The maximum atomic E-state index is 9.19. The summed E-state index contributed by atoms with van der Waals surface area (Å²) in [6, 6.07) is 13.4. The maximum absolute atomic E-state index is 9.19. The van der Waals surface area contributed by atoms with Crippen LogP contribution in [-0.4, -0.2) is 36.6 Å². The molecular weight excluding hydrogens is 400 g/mol. The second kappa shape index (κ2) is 12.3. The van der Waals surface area contributed by atoms with Crippen LogP contribution in [-0.2, 0) is 18.3 Å². The van der Waals surface area contributed by atoms with E-state index in [1.165, 1.54) is 41.5 Å². The lowest BCUT2D eigenvalue weighted by atomic mass is 9.64. The Kier molecular flexibility index (Phi) is 9.43. The molecule has 0 unspecified atom stereocenters. The van der Waals surface area contributed by atoms with Crippen molar-refractivity contribution in [1.29, 1.82) is 0 Å². The third-order valence-corrected chi connectivity index (χ3v) is 6.67. The van der Waals surface area contributed by atoms with Crippen LogP contribution >= 0.6 is 0 Å². The molecule has 2 aromatic rings. The number of ether oxygens (including phenoxy) is 2. The molecule has 0 aliphatic heterocycles. The minimum absolute atomic E-state index is 0.00818. The van der Waals surface area contributed by atoms with Gasteiger partial charge in [-0.05, 0) is 60.1 Å². The molecule has 4 heteroatoms. The van der Waals surface area contributed by atoms with Gasteiger partial charge in [-0.3, -0.25) is 0 Å². The quantitative estimate of drug-likeness (QED) is 0.452. The third-order valence-electron chi connectivity index (χ3n) is 6.67. The number of hydrogen-bond acceptors (Lipinski definition) is 4. The van der Waals surface area contributed by atoms with Gasteiger partial charge < -0.3 is 19.7 Å². The van der Waals surface area contributed by atoms with Crippen LogP contribution in [0.4, 0.5) is 0 Å². The summed E-state index contributed by atoms with van der Waals surface area (Å²) in [6.45, 7) is 5.11. The van der Waals surface area contributed by atoms with Gasteiger partial charge in [0, 0.05) is 5.41 Å². The fourth-order valence-electron chi connectivity index (χ4n) is 5.18. The number of aryl methyl sites for hydroxylation is 2. The Bertz CT molecular complexity index is 776. The van der Waals surface area contributed by atoms with Crippen LogP contribution in [0.15, 0.2) is 36.4 Å². The highest BCUT2D eigenvalue weighted by Gasteiger charge is 2.36. The van der Waals surface area contributed by atoms with Gasteiger partial charge in [0.2, 0.25) is 0 Å². The normalized spacial score (nSPS) is 15.5. The van der Waals surface area contributed by atoms with Crippen LogP contribution in [0.1, 0.15) is 81.0 Å². The second-order valence-electron chi connectivity index (χ2n) is 8.93. The molecule has 0 aromatic heterocycles. The lowest BCUT2D eigenvalue weighted by Gasteiger charge is -2.39. The van der Waals surface area contributed by atoms with Gasteiger partial charge in [-0.2, -0.15) is 0 Å². The first-order valence-corrected chi connectivity index (χ1v) is 12.4. The van der Waals surface area contributed by atoms with Gasteiger partial charge in [0.1, 0.15) is 24.7 Å². The Morgan fingerprint density at radius 1 is 0.719 bits per heavy atom. The van der Waals surface area contributed by atoms with Crippen molar-refractivity contribution in [2.24, 2.45) is 0 Å². The highest BCUT2D eigenvalue weighted by Crippen LogP contribution is 2.47. The molecule has 1 saturated carbocycles. The van der Waals surface area contributed by atoms with E-state index < -0.39 is 0 Å². The van der Waals surface area contributed by atoms with Crippen LogP contribution in [0, 0.1) is 0 Å². The average molecular weight is 441 g/mol. The summed E-state index contributed by atoms with van der Waals surface area (Å²) in [4.78, 5) is 0. The standard InChI is InChI=1S/C28H40O4/c1-3-8-22-20-24(10-12-26(22)31-18-16-29)28(14-6-5-7-15-28)25-11-13-27(32-19-17-30)23(21-25)9-4-2/h10-13,20-21,29-30H,3-9,14-19H2,1-2H3. The topological polar surface area (TPSA) is 58.9 Å². The third kappa shape index (κ3) is 5.65. The first-order valence-electron chi connectivity index (χ1n) is 12.4. The van der Waals surface area contributed by atoms with E-state index in [0.717, 1.165) is 50.0 Å². The highest BCUT2D eigenvalue weighted by molar-refractivity contribution is 5.49. The van der Waals surface area contributed by atoms with E-state index in [2.05, 4.69) is 50.2 Å². The summed E-state index contributed by atoms with van der Waals surface area (Å²) < 4.78 is 11.7. The van der Waals surface area contributed by atoms with E-state index in [1.807, 2.05) is 0 Å². The molecule has 1 fully saturated rings. The number of aliphatic hydroxyl groups excluding tert-OH is 2. The van der Waals surface area contributed by atoms with E-state index in [-0.39, 0.29) is 18.6 Å².